The van der Waals surface area contributed by atoms with Crippen molar-refractivity contribution in [2.75, 3.05) is 0 Å². The molecule has 0 atom stereocenters. The Morgan fingerprint density at radius 2 is 1.72 bits per heavy atom. The normalized spacial score (nSPS) is 20.8. The van der Waals surface area contributed by atoms with Crippen LogP contribution in [0.2, 0.25) is 0 Å². The summed E-state index contributed by atoms with van der Waals surface area (Å²) < 4.78 is 24.8. The molecule has 0 aromatic heterocycles. The average molecular weight is 247 g/mol. The van der Waals surface area contributed by atoms with E-state index in [4.69, 9.17) is 14.6 Å². The summed E-state index contributed by atoms with van der Waals surface area (Å²) in [6, 6.07) is 6.01. The molecule has 0 bridgehead atoms. The van der Waals surface area contributed by atoms with Gasteiger partial charge in [0.05, 0.1) is 22.8 Å². The molecule has 3 nitrogen and oxygen atoms in total. The van der Waals surface area contributed by atoms with Gasteiger partial charge in [-0.05, 0) is 39.8 Å². The van der Waals surface area contributed by atoms with E-state index in [1.54, 1.807) is 0 Å². The molecule has 1 aliphatic heterocycles. The van der Waals surface area contributed by atoms with Gasteiger partial charge in [-0.1, -0.05) is 6.07 Å². The van der Waals surface area contributed by atoms with Gasteiger partial charge in [-0.2, -0.15) is 5.26 Å². The third-order valence-electron chi connectivity index (χ3n) is 3.64. The van der Waals surface area contributed by atoms with E-state index >= 15 is 0 Å². The number of halogens is 1. The van der Waals surface area contributed by atoms with E-state index in [0.717, 1.165) is 0 Å². The van der Waals surface area contributed by atoms with Crippen molar-refractivity contribution in [3.63, 3.8) is 0 Å². The standard InChI is InChI=1S/C13H15BFNO2/c1-12(2)13(3,4)18-14(17-12)11-6-5-10(15)7-9(11)8-16/h5-7H,1-4H3. The third-order valence-corrected chi connectivity index (χ3v) is 3.64. The number of nitrogens with zero attached hydrogens (tertiary/aromatic N) is 1. The van der Waals surface area contributed by atoms with E-state index in [9.17, 15) is 4.39 Å². The molecule has 1 aromatic carbocycles. The molecule has 1 saturated heterocycles. The van der Waals surface area contributed by atoms with Crippen molar-refractivity contribution >= 4 is 12.6 Å². The van der Waals surface area contributed by atoms with Crippen LogP contribution in [0.3, 0.4) is 0 Å². The number of benzene rings is 1. The fourth-order valence-corrected chi connectivity index (χ4v) is 1.80. The van der Waals surface area contributed by atoms with Gasteiger partial charge in [-0.25, -0.2) is 4.39 Å². The van der Waals surface area contributed by atoms with E-state index in [0.29, 0.717) is 5.46 Å². The molecule has 0 unspecified atom stereocenters. The van der Waals surface area contributed by atoms with Crippen LogP contribution in [-0.4, -0.2) is 18.3 Å². The molecular weight excluding hydrogens is 232 g/mol. The zero-order chi connectivity index (χ0) is 13.6. The summed E-state index contributed by atoms with van der Waals surface area (Å²) in [5, 5.41) is 9.04. The maximum absolute atomic E-state index is 13.1. The largest absolute Gasteiger partial charge is 0.496 e. The second-order valence-corrected chi connectivity index (χ2v) is 5.43. The molecule has 1 aromatic rings. The van der Waals surface area contributed by atoms with E-state index in [1.807, 2.05) is 33.8 Å². The van der Waals surface area contributed by atoms with Crippen LogP contribution in [0.4, 0.5) is 4.39 Å². The van der Waals surface area contributed by atoms with Crippen molar-refractivity contribution in [1.82, 2.24) is 0 Å². The lowest BCUT2D eigenvalue weighted by molar-refractivity contribution is 0.00578. The van der Waals surface area contributed by atoms with Crippen LogP contribution in [0.1, 0.15) is 33.3 Å². The highest BCUT2D eigenvalue weighted by Gasteiger charge is 2.52. The molecule has 5 heteroatoms. The van der Waals surface area contributed by atoms with Gasteiger partial charge in [0, 0.05) is 5.46 Å². The Labute approximate surface area is 107 Å². The zero-order valence-electron chi connectivity index (χ0n) is 11.0. The quantitative estimate of drug-likeness (QED) is 0.712. The summed E-state index contributed by atoms with van der Waals surface area (Å²) in [6.45, 7) is 7.73. The summed E-state index contributed by atoms with van der Waals surface area (Å²) in [4.78, 5) is 0. The van der Waals surface area contributed by atoms with Gasteiger partial charge in [0.1, 0.15) is 5.82 Å². The summed E-state index contributed by atoms with van der Waals surface area (Å²) in [7, 11) is -0.634. The molecule has 0 radical (unpaired) electrons. The molecule has 18 heavy (non-hydrogen) atoms. The van der Waals surface area contributed by atoms with Crippen LogP contribution in [0.5, 0.6) is 0 Å². The average Bonchev–Trinajstić information content (AvgIpc) is 2.47. The van der Waals surface area contributed by atoms with Crippen LogP contribution in [-0.2, 0) is 9.31 Å². The molecule has 2 rings (SSSR count). The molecule has 0 saturated carbocycles. The summed E-state index contributed by atoms with van der Waals surface area (Å²) in [5.41, 5.74) is -0.136. The van der Waals surface area contributed by atoms with Gasteiger partial charge in [-0.15, -0.1) is 0 Å². The van der Waals surface area contributed by atoms with E-state index < -0.39 is 24.1 Å². The Morgan fingerprint density at radius 3 is 2.22 bits per heavy atom. The fraction of sp³-hybridized carbons (Fsp3) is 0.462. The maximum Gasteiger partial charge on any atom is 0.496 e. The van der Waals surface area contributed by atoms with E-state index in [1.165, 1.54) is 18.2 Å². The van der Waals surface area contributed by atoms with Gasteiger partial charge in [0.2, 0.25) is 0 Å². The van der Waals surface area contributed by atoms with Crippen molar-refractivity contribution in [3.05, 3.63) is 29.6 Å². The number of hydrogen-bond donors (Lipinski definition) is 0. The van der Waals surface area contributed by atoms with Gasteiger partial charge >= 0.3 is 7.12 Å². The first kappa shape index (κ1) is 13.1. The topological polar surface area (TPSA) is 42.2 Å². The van der Waals surface area contributed by atoms with Gasteiger partial charge in [0.25, 0.3) is 0 Å². The first-order valence-corrected chi connectivity index (χ1v) is 5.82. The fourth-order valence-electron chi connectivity index (χ4n) is 1.80. The molecule has 0 spiro atoms. The number of nitriles is 1. The van der Waals surface area contributed by atoms with Crippen molar-refractivity contribution < 1.29 is 13.7 Å². The van der Waals surface area contributed by atoms with Gasteiger partial charge in [0.15, 0.2) is 0 Å². The van der Waals surface area contributed by atoms with Gasteiger partial charge in [-0.3, -0.25) is 0 Å². The Morgan fingerprint density at radius 1 is 1.17 bits per heavy atom. The Kier molecular flexibility index (Phi) is 2.96. The first-order valence-electron chi connectivity index (χ1n) is 5.82. The van der Waals surface area contributed by atoms with E-state index in [-0.39, 0.29) is 5.56 Å². The lowest BCUT2D eigenvalue weighted by atomic mass is 9.76. The number of hydrogen-bond acceptors (Lipinski definition) is 3. The summed E-state index contributed by atoms with van der Waals surface area (Å²) in [6.07, 6.45) is 0. The summed E-state index contributed by atoms with van der Waals surface area (Å²) in [5.74, 6) is -0.438. The second-order valence-electron chi connectivity index (χ2n) is 5.43. The summed E-state index contributed by atoms with van der Waals surface area (Å²) >= 11 is 0. The van der Waals surface area contributed by atoms with Crippen molar-refractivity contribution in [1.29, 1.82) is 5.26 Å². The highest BCUT2D eigenvalue weighted by molar-refractivity contribution is 6.62. The minimum absolute atomic E-state index is 0.244. The molecule has 0 N–H and O–H groups in total. The van der Waals surface area contributed by atoms with Crippen LogP contribution in [0.25, 0.3) is 0 Å². The molecule has 0 aliphatic carbocycles. The van der Waals surface area contributed by atoms with Crippen LogP contribution in [0.15, 0.2) is 18.2 Å². The molecule has 1 heterocycles. The van der Waals surface area contributed by atoms with Crippen LogP contribution in [0, 0.1) is 17.1 Å². The molecule has 1 aliphatic rings. The molecule has 94 valence electrons. The van der Waals surface area contributed by atoms with Crippen molar-refractivity contribution in [2.24, 2.45) is 0 Å². The minimum atomic E-state index is -0.634. The molecule has 0 amide bonds. The molecule has 1 fully saturated rings. The third kappa shape index (κ3) is 2.02. The van der Waals surface area contributed by atoms with Crippen molar-refractivity contribution in [3.8, 4) is 6.07 Å². The SMILES string of the molecule is CC1(C)OB(c2ccc(F)cc2C#N)OC1(C)C. The zero-order valence-corrected chi connectivity index (χ0v) is 11.0. The Balaban J connectivity index is 2.39. The van der Waals surface area contributed by atoms with Crippen molar-refractivity contribution in [2.45, 2.75) is 38.9 Å². The smallest absolute Gasteiger partial charge is 0.399 e. The monoisotopic (exact) mass is 247 g/mol. The lowest BCUT2D eigenvalue weighted by Crippen LogP contribution is -2.41. The highest BCUT2D eigenvalue weighted by Crippen LogP contribution is 2.36. The predicted octanol–water partition coefficient (Wildman–Crippen LogP) is 2.00. The predicted molar refractivity (Wildman–Crippen MR) is 66.8 cm³/mol. The lowest BCUT2D eigenvalue weighted by Gasteiger charge is -2.32. The first-order chi connectivity index (χ1) is 8.27. The highest BCUT2D eigenvalue weighted by atomic mass is 19.1. The second kappa shape index (κ2) is 4.08. The maximum atomic E-state index is 13.1. The van der Waals surface area contributed by atoms with Crippen LogP contribution < -0.4 is 5.46 Å². The molecular formula is C13H15BFNO2. The number of rotatable bonds is 1. The minimum Gasteiger partial charge on any atom is -0.399 e. The van der Waals surface area contributed by atoms with Crippen LogP contribution >= 0.6 is 0 Å². The Hall–Kier alpha value is -1.38. The van der Waals surface area contributed by atoms with Gasteiger partial charge < -0.3 is 9.31 Å². The Bertz CT molecular complexity index is 506. The van der Waals surface area contributed by atoms with E-state index in [2.05, 4.69) is 0 Å².